The summed E-state index contributed by atoms with van der Waals surface area (Å²) in [4.78, 5) is 33.6. The maximum Gasteiger partial charge on any atom is 0.272 e. The predicted molar refractivity (Wildman–Crippen MR) is 107 cm³/mol. The Morgan fingerprint density at radius 3 is 2.67 bits per heavy atom. The molecule has 1 N–H and O–H groups in total. The molecule has 1 fully saturated rings. The van der Waals surface area contributed by atoms with Crippen LogP contribution in [0.4, 0.5) is 8.78 Å². The molecule has 9 heteroatoms. The zero-order chi connectivity index (χ0) is 21.6. The number of halogens is 2. The summed E-state index contributed by atoms with van der Waals surface area (Å²) in [6.45, 7) is 3.77. The van der Waals surface area contributed by atoms with Crippen molar-refractivity contribution in [3.63, 3.8) is 0 Å². The number of imidazole rings is 1. The first-order valence-corrected chi connectivity index (χ1v) is 10.1. The first-order chi connectivity index (χ1) is 14.3. The van der Waals surface area contributed by atoms with E-state index in [9.17, 15) is 18.4 Å². The normalized spacial score (nSPS) is 22.2. The second kappa shape index (κ2) is 7.79. The van der Waals surface area contributed by atoms with Crippen LogP contribution in [0.3, 0.4) is 0 Å². The van der Waals surface area contributed by atoms with Crippen molar-refractivity contribution in [3.05, 3.63) is 41.2 Å². The van der Waals surface area contributed by atoms with Crippen molar-refractivity contribution in [2.24, 2.45) is 0 Å². The molecule has 1 saturated heterocycles. The fourth-order valence-corrected chi connectivity index (χ4v) is 4.19. The fourth-order valence-electron chi connectivity index (χ4n) is 4.19. The summed E-state index contributed by atoms with van der Waals surface area (Å²) in [7, 11) is 3.66. The van der Waals surface area contributed by atoms with Crippen LogP contribution in [0.5, 0.6) is 0 Å². The Kier molecular flexibility index (Phi) is 5.31. The highest BCUT2D eigenvalue weighted by atomic mass is 19.1. The van der Waals surface area contributed by atoms with Crippen molar-refractivity contribution in [2.75, 3.05) is 20.6 Å². The van der Waals surface area contributed by atoms with Gasteiger partial charge in [-0.15, -0.1) is 0 Å². The molecular weight excluding hydrogens is 392 g/mol. The molecule has 2 aliphatic heterocycles. The standard InChI is InChI=1S/C21H25F2N5O2/c1-12-9-16(21(30)27(12)3)24-20(29)18-17-11-26(2)7-4-8-28(17)19(25-18)14-6-5-13(22)10-15(14)23/h5-6,10,12,16H,4,7-9,11H2,1-3H3,(H,24,29)/t12?,16-/m0/s1. The van der Waals surface area contributed by atoms with Gasteiger partial charge in [-0.05, 0) is 45.5 Å². The molecule has 7 nitrogen and oxygen atoms in total. The van der Waals surface area contributed by atoms with Gasteiger partial charge in [0.25, 0.3) is 5.91 Å². The van der Waals surface area contributed by atoms with Gasteiger partial charge in [-0.25, -0.2) is 13.8 Å². The number of aromatic nitrogens is 2. The highest BCUT2D eigenvalue weighted by molar-refractivity contribution is 5.98. The molecule has 0 saturated carbocycles. The Morgan fingerprint density at radius 2 is 2.00 bits per heavy atom. The molecule has 0 bridgehead atoms. The molecule has 2 amide bonds. The summed E-state index contributed by atoms with van der Waals surface area (Å²) in [6, 6.07) is 2.76. The van der Waals surface area contributed by atoms with Crippen LogP contribution >= 0.6 is 0 Å². The Balaban J connectivity index is 1.73. The van der Waals surface area contributed by atoms with Crippen LogP contribution in [-0.4, -0.2) is 63.9 Å². The minimum absolute atomic E-state index is 0.0388. The highest BCUT2D eigenvalue weighted by Crippen LogP contribution is 2.28. The van der Waals surface area contributed by atoms with E-state index < -0.39 is 23.6 Å². The van der Waals surface area contributed by atoms with E-state index in [1.807, 2.05) is 18.5 Å². The zero-order valence-corrected chi connectivity index (χ0v) is 17.3. The number of likely N-dealkylation sites (N-methyl/N-ethyl adjacent to an activating group) is 1. The minimum atomic E-state index is -0.728. The number of rotatable bonds is 3. The fraction of sp³-hybridized carbons (Fsp3) is 0.476. The summed E-state index contributed by atoms with van der Waals surface area (Å²) in [5, 5.41) is 2.80. The van der Waals surface area contributed by atoms with Gasteiger partial charge in [0.2, 0.25) is 5.91 Å². The predicted octanol–water partition coefficient (Wildman–Crippen LogP) is 2.01. The minimum Gasteiger partial charge on any atom is -0.341 e. The molecule has 1 aromatic heterocycles. The lowest BCUT2D eigenvalue weighted by atomic mass is 10.2. The molecule has 1 aromatic carbocycles. The number of carbonyl (C=O) groups is 2. The van der Waals surface area contributed by atoms with Gasteiger partial charge in [0.1, 0.15) is 23.5 Å². The summed E-state index contributed by atoms with van der Waals surface area (Å²) < 4.78 is 29.7. The number of carbonyl (C=O) groups excluding carboxylic acids is 2. The third kappa shape index (κ3) is 3.58. The van der Waals surface area contributed by atoms with Gasteiger partial charge < -0.3 is 19.7 Å². The van der Waals surface area contributed by atoms with E-state index in [4.69, 9.17) is 0 Å². The maximum absolute atomic E-state index is 14.5. The van der Waals surface area contributed by atoms with Crippen LogP contribution in [0.1, 0.15) is 35.9 Å². The van der Waals surface area contributed by atoms with Crippen molar-refractivity contribution < 1.29 is 18.4 Å². The van der Waals surface area contributed by atoms with Gasteiger partial charge in [-0.1, -0.05) is 0 Å². The van der Waals surface area contributed by atoms with E-state index >= 15 is 0 Å². The number of nitrogens with one attached hydrogen (secondary N) is 1. The lowest BCUT2D eigenvalue weighted by Gasteiger charge is -2.15. The lowest BCUT2D eigenvalue weighted by molar-refractivity contribution is -0.128. The summed E-state index contributed by atoms with van der Waals surface area (Å²) in [5.41, 5.74) is 0.988. The van der Waals surface area contributed by atoms with Crippen molar-refractivity contribution in [1.29, 1.82) is 0 Å². The topological polar surface area (TPSA) is 70.5 Å². The third-order valence-corrected chi connectivity index (χ3v) is 5.99. The number of likely N-dealkylation sites (tertiary alicyclic amines) is 1. The second-order valence-electron chi connectivity index (χ2n) is 8.16. The average Bonchev–Trinajstić information content (AvgIpc) is 3.06. The molecule has 2 atom stereocenters. The first kappa shape index (κ1) is 20.5. The number of fused-ring (bicyclic) bond motifs is 1. The monoisotopic (exact) mass is 417 g/mol. The van der Waals surface area contributed by atoms with Crippen LogP contribution in [0.15, 0.2) is 18.2 Å². The quantitative estimate of drug-likeness (QED) is 0.830. The van der Waals surface area contributed by atoms with Gasteiger partial charge in [0, 0.05) is 32.2 Å². The molecule has 2 aromatic rings. The van der Waals surface area contributed by atoms with Crippen molar-refractivity contribution in [1.82, 2.24) is 24.7 Å². The number of hydrogen-bond acceptors (Lipinski definition) is 4. The van der Waals surface area contributed by atoms with Gasteiger partial charge in [-0.2, -0.15) is 0 Å². The van der Waals surface area contributed by atoms with Crippen LogP contribution in [0.2, 0.25) is 0 Å². The summed E-state index contributed by atoms with van der Waals surface area (Å²) >= 11 is 0. The molecule has 1 unspecified atom stereocenters. The number of nitrogens with zero attached hydrogens (tertiary/aromatic N) is 4. The molecule has 0 spiro atoms. The molecule has 0 aliphatic carbocycles. The Morgan fingerprint density at radius 1 is 1.23 bits per heavy atom. The lowest BCUT2D eigenvalue weighted by Crippen LogP contribution is -2.41. The van der Waals surface area contributed by atoms with E-state index in [-0.39, 0.29) is 23.2 Å². The van der Waals surface area contributed by atoms with Crippen LogP contribution in [0.25, 0.3) is 11.4 Å². The second-order valence-corrected chi connectivity index (χ2v) is 8.16. The highest BCUT2D eigenvalue weighted by Gasteiger charge is 2.37. The number of benzene rings is 1. The van der Waals surface area contributed by atoms with Crippen molar-refractivity contribution >= 4 is 11.8 Å². The number of amides is 2. The van der Waals surface area contributed by atoms with E-state index in [2.05, 4.69) is 15.2 Å². The first-order valence-electron chi connectivity index (χ1n) is 10.1. The van der Waals surface area contributed by atoms with Crippen molar-refractivity contribution in [3.8, 4) is 11.4 Å². The number of hydrogen-bond donors (Lipinski definition) is 1. The zero-order valence-electron chi connectivity index (χ0n) is 17.3. The molecule has 2 aliphatic rings. The van der Waals surface area contributed by atoms with E-state index in [0.29, 0.717) is 31.0 Å². The molecule has 0 radical (unpaired) electrons. The average molecular weight is 417 g/mol. The SMILES string of the molecule is CC1C[C@H](NC(=O)c2nc(-c3ccc(F)cc3F)n3c2CN(C)CCC3)C(=O)N1C. The summed E-state index contributed by atoms with van der Waals surface area (Å²) in [6.07, 6.45) is 1.33. The van der Waals surface area contributed by atoms with Crippen LogP contribution < -0.4 is 5.32 Å². The Bertz CT molecular complexity index is 1010. The Hall–Kier alpha value is -2.81. The largest absolute Gasteiger partial charge is 0.341 e. The van der Waals surface area contributed by atoms with Crippen molar-refractivity contribution in [2.45, 2.75) is 44.9 Å². The molecule has 160 valence electrons. The smallest absolute Gasteiger partial charge is 0.272 e. The van der Waals surface area contributed by atoms with Gasteiger partial charge in [-0.3, -0.25) is 9.59 Å². The Labute approximate surface area is 173 Å². The van der Waals surface area contributed by atoms with E-state index in [1.165, 1.54) is 12.1 Å². The summed E-state index contributed by atoms with van der Waals surface area (Å²) in [5.74, 6) is -1.69. The third-order valence-electron chi connectivity index (χ3n) is 5.99. The van der Waals surface area contributed by atoms with E-state index in [1.54, 1.807) is 11.9 Å². The molecular formula is C21H25F2N5O2. The van der Waals surface area contributed by atoms with Gasteiger partial charge in [0.15, 0.2) is 5.69 Å². The molecule has 4 rings (SSSR count). The maximum atomic E-state index is 14.5. The van der Waals surface area contributed by atoms with Crippen LogP contribution in [0, 0.1) is 11.6 Å². The van der Waals surface area contributed by atoms with Crippen LogP contribution in [-0.2, 0) is 17.9 Å². The van der Waals surface area contributed by atoms with Gasteiger partial charge in [0.05, 0.1) is 11.3 Å². The molecule has 30 heavy (non-hydrogen) atoms. The van der Waals surface area contributed by atoms with Gasteiger partial charge >= 0.3 is 0 Å². The van der Waals surface area contributed by atoms with E-state index in [0.717, 1.165) is 19.0 Å². The molecule has 3 heterocycles.